The van der Waals surface area contributed by atoms with Crippen LogP contribution in [0, 0.1) is 5.41 Å². The Hall–Kier alpha value is -1.29. The van der Waals surface area contributed by atoms with Crippen LogP contribution >= 0.6 is 0 Å². The van der Waals surface area contributed by atoms with E-state index in [0.717, 1.165) is 5.69 Å². The van der Waals surface area contributed by atoms with E-state index < -0.39 is 5.41 Å². The van der Waals surface area contributed by atoms with Gasteiger partial charge in [-0.15, -0.1) is 0 Å². The number of nitrogens with two attached hydrogens (primary N) is 1. The molecule has 4 nitrogen and oxygen atoms in total. The molecule has 1 heterocycles. The van der Waals surface area contributed by atoms with Gasteiger partial charge >= 0.3 is 5.97 Å². The largest absolute Gasteiger partial charge is 0.469 e. The minimum atomic E-state index is -0.721. The summed E-state index contributed by atoms with van der Waals surface area (Å²) in [6.45, 7) is 3.58. The molecule has 0 saturated heterocycles. The highest BCUT2D eigenvalue weighted by atomic mass is 16.5. The fourth-order valence-corrected chi connectivity index (χ4v) is 1.56. The minimum Gasteiger partial charge on any atom is -0.469 e. The van der Waals surface area contributed by atoms with Crippen LogP contribution in [0.5, 0.6) is 0 Å². The summed E-state index contributed by atoms with van der Waals surface area (Å²) in [6, 6.07) is 3.45. The van der Waals surface area contributed by atoms with Crippen LogP contribution in [0.2, 0.25) is 0 Å². The highest BCUT2D eigenvalue weighted by Crippen LogP contribution is 2.32. The lowest BCUT2D eigenvalue weighted by Gasteiger charge is -2.28. The maximum atomic E-state index is 11.6. The van der Waals surface area contributed by atoms with Crippen molar-refractivity contribution < 1.29 is 9.53 Å². The molecule has 15 heavy (non-hydrogen) atoms. The topological polar surface area (TPSA) is 57.2 Å². The van der Waals surface area contributed by atoms with Crippen LogP contribution in [0.25, 0.3) is 0 Å². The van der Waals surface area contributed by atoms with Gasteiger partial charge in [0.2, 0.25) is 0 Å². The van der Waals surface area contributed by atoms with E-state index in [9.17, 15) is 4.79 Å². The fourth-order valence-electron chi connectivity index (χ4n) is 1.56. The van der Waals surface area contributed by atoms with E-state index in [0.29, 0.717) is 0 Å². The second kappa shape index (κ2) is 4.06. The second-order valence-electron chi connectivity index (χ2n) is 4.23. The monoisotopic (exact) mass is 210 g/mol. The molecule has 0 aliphatic rings. The van der Waals surface area contributed by atoms with E-state index in [1.54, 1.807) is 13.8 Å². The smallest absolute Gasteiger partial charge is 0.313 e. The number of esters is 1. The minimum absolute atomic E-state index is 0.295. The SMILES string of the molecule is COC(=O)C(C)(C)[C@@H](N)c1cccn1C. The van der Waals surface area contributed by atoms with Gasteiger partial charge < -0.3 is 15.0 Å². The molecule has 0 fully saturated rings. The van der Waals surface area contributed by atoms with E-state index in [-0.39, 0.29) is 12.0 Å². The molecule has 1 atom stereocenters. The maximum Gasteiger partial charge on any atom is 0.313 e. The lowest BCUT2D eigenvalue weighted by atomic mass is 9.83. The van der Waals surface area contributed by atoms with E-state index in [1.165, 1.54) is 7.11 Å². The molecule has 0 aromatic carbocycles. The predicted molar refractivity (Wildman–Crippen MR) is 58.1 cm³/mol. The summed E-state index contributed by atoms with van der Waals surface area (Å²) in [7, 11) is 3.28. The maximum absolute atomic E-state index is 11.6. The third-order valence-corrected chi connectivity index (χ3v) is 2.79. The van der Waals surface area contributed by atoms with E-state index >= 15 is 0 Å². The zero-order valence-corrected chi connectivity index (χ0v) is 9.65. The van der Waals surface area contributed by atoms with Crippen molar-refractivity contribution in [3.05, 3.63) is 24.0 Å². The number of aryl methyl sites for hydroxylation is 1. The van der Waals surface area contributed by atoms with Crippen LogP contribution in [0.4, 0.5) is 0 Å². The Kier molecular flexibility index (Phi) is 3.19. The van der Waals surface area contributed by atoms with Gasteiger partial charge in [-0.2, -0.15) is 0 Å². The summed E-state index contributed by atoms with van der Waals surface area (Å²) in [6.07, 6.45) is 1.91. The van der Waals surface area contributed by atoms with E-state index in [1.807, 2.05) is 29.9 Å². The summed E-state index contributed by atoms with van der Waals surface area (Å²) in [4.78, 5) is 11.6. The molecule has 1 aromatic rings. The standard InChI is InChI=1S/C11H18N2O2/c1-11(2,10(14)15-4)9(12)8-6-5-7-13(8)3/h5-7,9H,12H2,1-4H3/t9-/m0/s1. The molecule has 4 heteroatoms. The third-order valence-electron chi connectivity index (χ3n) is 2.79. The first kappa shape index (κ1) is 11.8. The van der Waals surface area contributed by atoms with Crippen molar-refractivity contribution in [1.29, 1.82) is 0 Å². The molecule has 1 aromatic heterocycles. The summed E-state index contributed by atoms with van der Waals surface area (Å²) in [5, 5.41) is 0. The molecular formula is C11H18N2O2. The summed E-state index contributed by atoms with van der Waals surface area (Å²) >= 11 is 0. The average Bonchev–Trinajstić information content (AvgIpc) is 2.61. The van der Waals surface area contributed by atoms with Gasteiger partial charge in [0.05, 0.1) is 18.6 Å². The molecule has 0 aliphatic heterocycles. The van der Waals surface area contributed by atoms with Gasteiger partial charge in [0, 0.05) is 18.9 Å². The lowest BCUT2D eigenvalue weighted by molar-refractivity contribution is -0.152. The molecule has 0 aliphatic carbocycles. The van der Waals surface area contributed by atoms with Crippen LogP contribution in [0.1, 0.15) is 25.6 Å². The van der Waals surface area contributed by atoms with Crippen LogP contribution in [0.3, 0.4) is 0 Å². The molecule has 0 bridgehead atoms. The zero-order valence-electron chi connectivity index (χ0n) is 9.65. The Morgan fingerprint density at radius 1 is 1.60 bits per heavy atom. The van der Waals surface area contributed by atoms with Crippen molar-refractivity contribution in [2.45, 2.75) is 19.9 Å². The van der Waals surface area contributed by atoms with Crippen molar-refractivity contribution in [2.24, 2.45) is 18.2 Å². The zero-order chi connectivity index (χ0) is 11.6. The Labute approximate surface area is 90.0 Å². The van der Waals surface area contributed by atoms with Gasteiger partial charge in [0.1, 0.15) is 0 Å². The molecule has 0 saturated carbocycles. The van der Waals surface area contributed by atoms with E-state index in [2.05, 4.69) is 0 Å². The highest BCUT2D eigenvalue weighted by molar-refractivity contribution is 5.76. The Balaban J connectivity index is 2.99. The average molecular weight is 210 g/mol. The summed E-state index contributed by atoms with van der Waals surface area (Å²) in [5.74, 6) is -0.295. The van der Waals surface area contributed by atoms with Crippen LogP contribution in [-0.4, -0.2) is 17.6 Å². The molecule has 84 valence electrons. The van der Waals surface area contributed by atoms with Crippen molar-refractivity contribution in [3.8, 4) is 0 Å². The number of methoxy groups -OCH3 is 1. The number of rotatable bonds is 3. The van der Waals surface area contributed by atoms with Crippen molar-refractivity contribution in [1.82, 2.24) is 4.57 Å². The van der Waals surface area contributed by atoms with Gasteiger partial charge in [-0.3, -0.25) is 4.79 Å². The van der Waals surface area contributed by atoms with Crippen LogP contribution in [-0.2, 0) is 16.6 Å². The lowest BCUT2D eigenvalue weighted by Crippen LogP contribution is -2.38. The first-order valence-corrected chi connectivity index (χ1v) is 4.86. The Bertz CT molecular complexity index is 355. The second-order valence-corrected chi connectivity index (χ2v) is 4.23. The number of hydrogen-bond donors (Lipinski definition) is 1. The summed E-state index contributed by atoms with van der Waals surface area (Å²) in [5.41, 5.74) is 6.27. The van der Waals surface area contributed by atoms with Gasteiger partial charge in [0.15, 0.2) is 0 Å². The number of hydrogen-bond acceptors (Lipinski definition) is 3. The molecule has 0 amide bonds. The van der Waals surface area contributed by atoms with Crippen molar-refractivity contribution in [2.75, 3.05) is 7.11 Å². The molecule has 0 radical (unpaired) electrons. The molecule has 0 spiro atoms. The number of aromatic nitrogens is 1. The van der Waals surface area contributed by atoms with E-state index in [4.69, 9.17) is 10.5 Å². The highest BCUT2D eigenvalue weighted by Gasteiger charge is 2.37. The Morgan fingerprint density at radius 2 is 2.20 bits per heavy atom. The Morgan fingerprint density at radius 3 is 2.60 bits per heavy atom. The number of ether oxygens (including phenoxy) is 1. The van der Waals surface area contributed by atoms with Gasteiger partial charge in [-0.05, 0) is 26.0 Å². The first-order valence-electron chi connectivity index (χ1n) is 4.86. The number of nitrogens with zero attached hydrogens (tertiary/aromatic N) is 1. The van der Waals surface area contributed by atoms with Gasteiger partial charge in [-0.1, -0.05) is 0 Å². The number of carbonyl (C=O) groups is 1. The predicted octanol–water partition coefficient (Wildman–Crippen LogP) is 1.22. The van der Waals surface area contributed by atoms with Crippen molar-refractivity contribution in [3.63, 3.8) is 0 Å². The third kappa shape index (κ3) is 2.04. The molecule has 2 N–H and O–H groups in total. The van der Waals surface area contributed by atoms with Crippen molar-refractivity contribution >= 4 is 5.97 Å². The van der Waals surface area contributed by atoms with Crippen LogP contribution < -0.4 is 5.73 Å². The van der Waals surface area contributed by atoms with Gasteiger partial charge in [0.25, 0.3) is 0 Å². The molecule has 0 unspecified atom stereocenters. The quantitative estimate of drug-likeness (QED) is 0.763. The fraction of sp³-hybridized carbons (Fsp3) is 0.545. The van der Waals surface area contributed by atoms with Gasteiger partial charge in [-0.25, -0.2) is 0 Å². The summed E-state index contributed by atoms with van der Waals surface area (Å²) < 4.78 is 6.66. The molecular weight excluding hydrogens is 192 g/mol. The normalized spacial score (nSPS) is 13.7. The number of carbonyl (C=O) groups excluding carboxylic acids is 1. The molecule has 1 rings (SSSR count). The first-order chi connectivity index (χ1) is 6.91. The van der Waals surface area contributed by atoms with Crippen LogP contribution in [0.15, 0.2) is 18.3 Å².